The monoisotopic (exact) mass is 712 g/mol. The number of carbonyl (C=O) groups is 1. The van der Waals surface area contributed by atoms with Crippen LogP contribution in [-0.2, 0) is 9.53 Å². The Kier molecular flexibility index (Phi) is 10.5. The maximum absolute atomic E-state index is 13.8. The predicted octanol–water partition coefficient (Wildman–Crippen LogP) is 7.77. The SMILES string of the molecule is C=C(C)C(=O)OCC(O)CC(F)(F)C(F)(F)C(F)(F)C(F)(F)C(F)(F)C(F)(F)C(F)(F)C(F)(F)C(F)(C(F)(F)F)C(F)(F)F. The van der Waals surface area contributed by atoms with Gasteiger partial charge in [-0.05, 0) is 6.92 Å². The second-order valence-corrected chi connectivity index (χ2v) is 8.62. The van der Waals surface area contributed by atoms with Crippen LogP contribution >= 0.6 is 0 Å². The molecule has 0 aliphatic heterocycles. The lowest BCUT2D eigenvalue weighted by molar-refractivity contribution is -0.481. The van der Waals surface area contributed by atoms with Gasteiger partial charge in [0.05, 0.1) is 6.10 Å². The fourth-order valence-electron chi connectivity index (χ4n) is 2.73. The topological polar surface area (TPSA) is 46.5 Å². The van der Waals surface area contributed by atoms with E-state index >= 15 is 0 Å². The van der Waals surface area contributed by atoms with Crippen LogP contribution in [-0.4, -0.2) is 89.2 Å². The van der Waals surface area contributed by atoms with Crippen molar-refractivity contribution in [2.75, 3.05) is 6.61 Å². The van der Waals surface area contributed by atoms with Gasteiger partial charge in [0, 0.05) is 12.0 Å². The van der Waals surface area contributed by atoms with Crippen LogP contribution in [0.2, 0.25) is 0 Å². The number of aliphatic hydroxyl groups excluding tert-OH is 1. The van der Waals surface area contributed by atoms with Crippen molar-refractivity contribution < 1.29 is 116 Å². The summed E-state index contributed by atoms with van der Waals surface area (Å²) in [5.41, 5.74) is -9.70. The van der Waals surface area contributed by atoms with Crippen molar-refractivity contribution >= 4 is 5.97 Å². The molecule has 0 aromatic carbocycles. The molecule has 0 radical (unpaired) electrons. The number of halogens is 23. The van der Waals surface area contributed by atoms with E-state index in [4.69, 9.17) is 5.11 Å². The normalized spacial score (nSPS) is 16.6. The Morgan fingerprint density at radius 3 is 1.11 bits per heavy atom. The molecule has 0 aromatic heterocycles. The van der Waals surface area contributed by atoms with E-state index < -0.39 is 96.1 Å². The Hall–Kier alpha value is -2.44. The number of hydrogen-bond donors (Lipinski definition) is 1. The fraction of sp³-hybridized carbons (Fsp3) is 0.833. The summed E-state index contributed by atoms with van der Waals surface area (Å²) in [7, 11) is 0. The van der Waals surface area contributed by atoms with Gasteiger partial charge in [-0.3, -0.25) is 0 Å². The van der Waals surface area contributed by atoms with Crippen molar-refractivity contribution in [2.24, 2.45) is 0 Å². The number of hydrogen-bond acceptors (Lipinski definition) is 3. The summed E-state index contributed by atoms with van der Waals surface area (Å²) in [5, 5.41) is 9.12. The van der Waals surface area contributed by atoms with Crippen LogP contribution in [0, 0.1) is 0 Å². The standard InChI is InChI=1S/C18H11F23O3/c1-5(2)7(43)44-4-6(42)3-8(19,20)10(22,23)12(26,27)14(30,31)16(34,35)15(32,33)13(28,29)11(24,25)9(21,17(36,37)38)18(39,40)41/h6,42H,1,3-4H2,2H3. The number of carbonyl (C=O) groups excluding carboxylic acids is 1. The molecule has 1 atom stereocenters. The van der Waals surface area contributed by atoms with Gasteiger partial charge in [0.25, 0.3) is 0 Å². The van der Waals surface area contributed by atoms with E-state index in [1.807, 2.05) is 0 Å². The van der Waals surface area contributed by atoms with Gasteiger partial charge < -0.3 is 9.84 Å². The highest BCUT2D eigenvalue weighted by atomic mass is 19.4. The third kappa shape index (κ3) is 5.70. The molecular formula is C18H11F23O3. The summed E-state index contributed by atoms with van der Waals surface area (Å²) in [4.78, 5) is 11.0. The summed E-state index contributed by atoms with van der Waals surface area (Å²) < 4.78 is 312. The molecule has 26 heteroatoms. The molecule has 0 rings (SSSR count). The highest BCUT2D eigenvalue weighted by Gasteiger charge is 3.00. The van der Waals surface area contributed by atoms with Crippen molar-refractivity contribution in [3.05, 3.63) is 12.2 Å². The van der Waals surface area contributed by atoms with Crippen LogP contribution in [0.25, 0.3) is 0 Å². The van der Waals surface area contributed by atoms with Crippen LogP contribution in [0.15, 0.2) is 12.2 Å². The van der Waals surface area contributed by atoms with Crippen molar-refractivity contribution in [3.8, 4) is 0 Å². The Balaban J connectivity index is 7.03. The minimum atomic E-state index is -9.55. The van der Waals surface area contributed by atoms with E-state index in [-0.39, 0.29) is 0 Å². The maximum Gasteiger partial charge on any atom is 0.438 e. The summed E-state index contributed by atoms with van der Waals surface area (Å²) in [6.45, 7) is 1.73. The Labute approximate surface area is 226 Å². The number of ether oxygens (including phenoxy) is 1. The predicted molar refractivity (Wildman–Crippen MR) is 91.9 cm³/mol. The first-order valence-corrected chi connectivity index (χ1v) is 10.1. The molecule has 0 saturated carbocycles. The molecule has 0 fully saturated rings. The van der Waals surface area contributed by atoms with Crippen molar-refractivity contribution in [3.63, 3.8) is 0 Å². The molecule has 44 heavy (non-hydrogen) atoms. The first-order valence-electron chi connectivity index (χ1n) is 10.1. The summed E-state index contributed by atoms with van der Waals surface area (Å²) in [5.74, 6) is -73.2. The highest BCUT2D eigenvalue weighted by molar-refractivity contribution is 5.86. The van der Waals surface area contributed by atoms with Gasteiger partial charge in [0.15, 0.2) is 0 Å². The lowest BCUT2D eigenvalue weighted by atomic mass is 9.82. The van der Waals surface area contributed by atoms with Gasteiger partial charge in [-0.1, -0.05) is 6.58 Å². The third-order valence-corrected chi connectivity index (χ3v) is 5.29. The molecule has 0 heterocycles. The average Bonchev–Trinajstić information content (AvgIpc) is 2.78. The van der Waals surface area contributed by atoms with Crippen molar-refractivity contribution in [1.29, 1.82) is 0 Å². The molecule has 1 unspecified atom stereocenters. The van der Waals surface area contributed by atoms with E-state index in [0.717, 1.165) is 6.92 Å². The van der Waals surface area contributed by atoms with E-state index in [1.165, 1.54) is 0 Å². The fourth-order valence-corrected chi connectivity index (χ4v) is 2.73. The van der Waals surface area contributed by atoms with Crippen LogP contribution < -0.4 is 0 Å². The van der Waals surface area contributed by atoms with Gasteiger partial charge in [0.1, 0.15) is 6.61 Å². The first-order chi connectivity index (χ1) is 18.7. The van der Waals surface area contributed by atoms with E-state index in [9.17, 15) is 106 Å². The maximum atomic E-state index is 13.8. The van der Waals surface area contributed by atoms with Crippen molar-refractivity contribution in [2.45, 2.75) is 84.9 Å². The third-order valence-electron chi connectivity index (χ3n) is 5.29. The zero-order valence-corrected chi connectivity index (χ0v) is 20.2. The molecule has 0 aromatic rings. The molecule has 0 amide bonds. The Bertz CT molecular complexity index is 1060. The van der Waals surface area contributed by atoms with Crippen LogP contribution in [0.3, 0.4) is 0 Å². The molecule has 0 aliphatic rings. The largest absolute Gasteiger partial charge is 0.460 e. The number of alkyl halides is 23. The molecule has 262 valence electrons. The quantitative estimate of drug-likeness (QED) is 0.121. The van der Waals surface area contributed by atoms with Crippen LogP contribution in [0.5, 0.6) is 0 Å². The molecule has 1 N–H and O–H groups in total. The summed E-state index contributed by atoms with van der Waals surface area (Å²) in [6, 6.07) is 0. The molecule has 0 aliphatic carbocycles. The average molecular weight is 712 g/mol. The second-order valence-electron chi connectivity index (χ2n) is 8.62. The van der Waals surface area contributed by atoms with Gasteiger partial charge in [-0.25, -0.2) is 9.18 Å². The summed E-state index contributed by atoms with van der Waals surface area (Å²) >= 11 is 0. The Morgan fingerprint density at radius 1 is 0.568 bits per heavy atom. The molecule has 3 nitrogen and oxygen atoms in total. The van der Waals surface area contributed by atoms with Gasteiger partial charge in [-0.2, -0.15) is 96.6 Å². The molecule has 0 bridgehead atoms. The minimum absolute atomic E-state index is 0.624. The van der Waals surface area contributed by atoms with Gasteiger partial charge >= 0.3 is 71.4 Å². The Morgan fingerprint density at radius 2 is 0.841 bits per heavy atom. The van der Waals surface area contributed by atoms with E-state index in [1.54, 1.807) is 0 Å². The minimum Gasteiger partial charge on any atom is -0.460 e. The molecular weight excluding hydrogens is 701 g/mol. The number of esters is 1. The van der Waals surface area contributed by atoms with E-state index in [2.05, 4.69) is 11.3 Å². The molecule has 0 spiro atoms. The summed E-state index contributed by atoms with van der Waals surface area (Å²) in [6.07, 6.45) is -23.9. The molecule has 0 saturated heterocycles. The van der Waals surface area contributed by atoms with Gasteiger partial charge in [0.2, 0.25) is 0 Å². The van der Waals surface area contributed by atoms with Crippen LogP contribution in [0.1, 0.15) is 13.3 Å². The van der Waals surface area contributed by atoms with Gasteiger partial charge in [-0.15, -0.1) is 0 Å². The zero-order valence-electron chi connectivity index (χ0n) is 20.2. The van der Waals surface area contributed by atoms with Crippen molar-refractivity contribution in [1.82, 2.24) is 0 Å². The second kappa shape index (κ2) is 11.1. The van der Waals surface area contributed by atoms with E-state index in [0.29, 0.717) is 0 Å². The highest BCUT2D eigenvalue weighted by Crippen LogP contribution is 2.67. The first kappa shape index (κ1) is 41.6. The lowest BCUT2D eigenvalue weighted by Gasteiger charge is -2.46. The smallest absolute Gasteiger partial charge is 0.438 e. The number of aliphatic hydroxyl groups is 1. The zero-order chi connectivity index (χ0) is 36.4. The number of rotatable bonds is 13. The lowest BCUT2D eigenvalue weighted by Crippen LogP contribution is -2.79. The van der Waals surface area contributed by atoms with Crippen LogP contribution in [0.4, 0.5) is 101 Å².